The van der Waals surface area contributed by atoms with Crippen molar-refractivity contribution >= 4 is 17.5 Å². The molecule has 0 saturated heterocycles. The highest BCUT2D eigenvalue weighted by Gasteiger charge is 2.21. The summed E-state index contributed by atoms with van der Waals surface area (Å²) in [4.78, 5) is 20.2. The standard InChI is InChI=1S/C18H23N9O/c1-11-7-14(19-2)23-18(21-11)22-12-8-13(17(28-4)20-9-12)16-24-15-10-26(3)5-6-27(15)25-16/h7-9H,5-6,10H2,1-4H3,(H2,19,21,22,23). The molecule has 3 aromatic heterocycles. The number of ether oxygens (including phenoxy) is 1. The second-order valence-electron chi connectivity index (χ2n) is 6.69. The van der Waals surface area contributed by atoms with Crippen LogP contribution in [-0.4, -0.2) is 62.4 Å². The fourth-order valence-electron chi connectivity index (χ4n) is 3.10. The topological polar surface area (TPSA) is 106 Å². The molecule has 0 atom stereocenters. The normalized spacial score (nSPS) is 13.9. The highest BCUT2D eigenvalue weighted by molar-refractivity contribution is 5.68. The van der Waals surface area contributed by atoms with Crippen LogP contribution in [0.5, 0.6) is 5.88 Å². The van der Waals surface area contributed by atoms with Crippen molar-refractivity contribution in [2.24, 2.45) is 0 Å². The van der Waals surface area contributed by atoms with E-state index < -0.39 is 0 Å². The van der Waals surface area contributed by atoms with Crippen LogP contribution in [0.25, 0.3) is 11.4 Å². The van der Waals surface area contributed by atoms with E-state index in [2.05, 4.69) is 42.6 Å². The lowest BCUT2D eigenvalue weighted by atomic mass is 10.2. The second-order valence-corrected chi connectivity index (χ2v) is 6.69. The summed E-state index contributed by atoms with van der Waals surface area (Å²) >= 11 is 0. The number of likely N-dealkylation sites (N-methyl/N-ethyl adjacent to an activating group) is 1. The number of pyridine rings is 1. The van der Waals surface area contributed by atoms with Crippen LogP contribution in [0.15, 0.2) is 18.3 Å². The smallest absolute Gasteiger partial charge is 0.229 e. The summed E-state index contributed by atoms with van der Waals surface area (Å²) in [7, 11) is 5.49. The lowest BCUT2D eigenvalue weighted by Gasteiger charge is -2.21. The fourth-order valence-corrected chi connectivity index (χ4v) is 3.10. The van der Waals surface area contributed by atoms with E-state index in [1.54, 1.807) is 13.3 Å². The first-order chi connectivity index (χ1) is 13.6. The molecule has 1 aliphatic heterocycles. The molecule has 28 heavy (non-hydrogen) atoms. The number of nitrogens with zero attached hydrogens (tertiary/aromatic N) is 7. The third kappa shape index (κ3) is 3.58. The van der Waals surface area contributed by atoms with Crippen molar-refractivity contribution in [2.75, 3.05) is 38.4 Å². The third-order valence-electron chi connectivity index (χ3n) is 4.51. The summed E-state index contributed by atoms with van der Waals surface area (Å²) in [5.41, 5.74) is 2.31. The summed E-state index contributed by atoms with van der Waals surface area (Å²) in [5, 5.41) is 10.9. The predicted octanol–water partition coefficient (Wildman–Crippen LogP) is 1.68. The van der Waals surface area contributed by atoms with Gasteiger partial charge in [-0.1, -0.05) is 0 Å². The molecule has 2 N–H and O–H groups in total. The average Bonchev–Trinajstić information content (AvgIpc) is 3.10. The third-order valence-corrected chi connectivity index (χ3v) is 4.51. The van der Waals surface area contributed by atoms with Crippen LogP contribution in [0.2, 0.25) is 0 Å². The van der Waals surface area contributed by atoms with Gasteiger partial charge < -0.3 is 15.4 Å². The predicted molar refractivity (Wildman–Crippen MR) is 106 cm³/mol. The van der Waals surface area contributed by atoms with E-state index >= 15 is 0 Å². The minimum atomic E-state index is 0.475. The molecule has 0 saturated carbocycles. The van der Waals surface area contributed by atoms with Gasteiger partial charge in [-0.25, -0.2) is 19.6 Å². The first-order valence-corrected chi connectivity index (χ1v) is 9.03. The summed E-state index contributed by atoms with van der Waals surface area (Å²) in [6, 6.07) is 3.78. The molecule has 10 nitrogen and oxygen atoms in total. The van der Waals surface area contributed by atoms with Gasteiger partial charge in [-0.15, -0.1) is 0 Å². The van der Waals surface area contributed by atoms with Crippen LogP contribution in [0.3, 0.4) is 0 Å². The number of hydrogen-bond donors (Lipinski definition) is 2. The maximum atomic E-state index is 5.43. The maximum absolute atomic E-state index is 5.43. The van der Waals surface area contributed by atoms with Crippen LogP contribution in [0, 0.1) is 6.92 Å². The molecule has 0 aliphatic carbocycles. The van der Waals surface area contributed by atoms with Crippen molar-refractivity contribution in [3.05, 3.63) is 29.8 Å². The van der Waals surface area contributed by atoms with Gasteiger partial charge in [-0.3, -0.25) is 4.90 Å². The van der Waals surface area contributed by atoms with Crippen LogP contribution in [0.1, 0.15) is 11.5 Å². The van der Waals surface area contributed by atoms with Crippen molar-refractivity contribution in [1.82, 2.24) is 34.6 Å². The Kier molecular flexibility index (Phi) is 4.78. The summed E-state index contributed by atoms with van der Waals surface area (Å²) in [6.45, 7) is 4.45. The van der Waals surface area contributed by atoms with E-state index in [9.17, 15) is 0 Å². The summed E-state index contributed by atoms with van der Waals surface area (Å²) in [5.74, 6) is 3.23. The van der Waals surface area contributed by atoms with Gasteiger partial charge in [0.25, 0.3) is 0 Å². The van der Waals surface area contributed by atoms with Gasteiger partial charge in [0.2, 0.25) is 11.8 Å². The molecular formula is C18H23N9O. The summed E-state index contributed by atoms with van der Waals surface area (Å²) < 4.78 is 7.38. The van der Waals surface area contributed by atoms with Crippen LogP contribution < -0.4 is 15.4 Å². The van der Waals surface area contributed by atoms with Gasteiger partial charge in [0.1, 0.15) is 11.6 Å². The molecule has 0 aromatic carbocycles. The van der Waals surface area contributed by atoms with Crippen LogP contribution in [0.4, 0.5) is 17.5 Å². The first kappa shape index (κ1) is 18.1. The van der Waals surface area contributed by atoms with Crippen molar-refractivity contribution in [2.45, 2.75) is 20.0 Å². The molecular weight excluding hydrogens is 358 g/mol. The van der Waals surface area contributed by atoms with Gasteiger partial charge in [-0.05, 0) is 20.0 Å². The molecule has 0 radical (unpaired) electrons. The van der Waals surface area contributed by atoms with Gasteiger partial charge in [-0.2, -0.15) is 10.1 Å². The highest BCUT2D eigenvalue weighted by atomic mass is 16.5. The Morgan fingerprint density at radius 2 is 2.00 bits per heavy atom. The summed E-state index contributed by atoms with van der Waals surface area (Å²) in [6.07, 6.45) is 1.68. The lowest BCUT2D eigenvalue weighted by Crippen LogP contribution is -2.30. The second kappa shape index (κ2) is 7.39. The molecule has 0 unspecified atom stereocenters. The monoisotopic (exact) mass is 381 g/mol. The highest BCUT2D eigenvalue weighted by Crippen LogP contribution is 2.30. The van der Waals surface area contributed by atoms with Crippen LogP contribution in [-0.2, 0) is 13.1 Å². The molecule has 10 heteroatoms. The Morgan fingerprint density at radius 3 is 2.79 bits per heavy atom. The zero-order chi connectivity index (χ0) is 19.7. The van der Waals surface area contributed by atoms with Crippen molar-refractivity contribution in [1.29, 1.82) is 0 Å². The molecule has 4 rings (SSSR count). The lowest BCUT2D eigenvalue weighted by molar-refractivity contribution is 0.254. The zero-order valence-corrected chi connectivity index (χ0v) is 16.4. The molecule has 1 aliphatic rings. The van der Waals surface area contributed by atoms with Crippen molar-refractivity contribution < 1.29 is 4.74 Å². The number of aryl methyl sites for hydroxylation is 1. The van der Waals surface area contributed by atoms with E-state index in [-0.39, 0.29) is 0 Å². The molecule has 4 heterocycles. The molecule has 0 amide bonds. The number of aromatic nitrogens is 6. The number of nitrogens with one attached hydrogen (secondary N) is 2. The average molecular weight is 381 g/mol. The van der Waals surface area contributed by atoms with E-state index in [1.165, 1.54) is 0 Å². The first-order valence-electron chi connectivity index (χ1n) is 9.03. The van der Waals surface area contributed by atoms with Crippen molar-refractivity contribution in [3.8, 4) is 17.3 Å². The molecule has 0 fully saturated rings. The van der Waals surface area contributed by atoms with Crippen molar-refractivity contribution in [3.63, 3.8) is 0 Å². The molecule has 146 valence electrons. The van der Waals surface area contributed by atoms with E-state index in [1.807, 2.05) is 30.8 Å². The number of anilines is 3. The van der Waals surface area contributed by atoms with Gasteiger partial charge in [0, 0.05) is 25.4 Å². The maximum Gasteiger partial charge on any atom is 0.229 e. The Hall–Kier alpha value is -3.27. The largest absolute Gasteiger partial charge is 0.480 e. The Bertz CT molecular complexity index is 1000. The van der Waals surface area contributed by atoms with E-state index in [0.29, 0.717) is 17.7 Å². The molecule has 3 aromatic rings. The minimum absolute atomic E-state index is 0.475. The van der Waals surface area contributed by atoms with Gasteiger partial charge in [0.05, 0.1) is 37.6 Å². The van der Waals surface area contributed by atoms with Gasteiger partial charge >= 0.3 is 0 Å². The SMILES string of the molecule is CNc1cc(C)nc(Nc2cnc(OC)c(-c3nc4n(n3)CCN(C)C4)c2)n1. The fraction of sp³-hybridized carbons (Fsp3) is 0.389. The Morgan fingerprint density at radius 1 is 1.14 bits per heavy atom. The van der Waals surface area contributed by atoms with E-state index in [0.717, 1.165) is 48.2 Å². The molecule has 0 bridgehead atoms. The van der Waals surface area contributed by atoms with E-state index in [4.69, 9.17) is 9.72 Å². The number of fused-ring (bicyclic) bond motifs is 1. The van der Waals surface area contributed by atoms with Crippen LogP contribution >= 0.6 is 0 Å². The Labute approximate surface area is 163 Å². The Balaban J connectivity index is 1.68. The number of rotatable bonds is 5. The molecule has 0 spiro atoms. The zero-order valence-electron chi connectivity index (χ0n) is 16.4. The minimum Gasteiger partial charge on any atom is -0.480 e. The number of methoxy groups -OCH3 is 1. The quantitative estimate of drug-likeness (QED) is 0.682. The number of hydrogen-bond acceptors (Lipinski definition) is 9. The van der Waals surface area contributed by atoms with Gasteiger partial charge in [0.15, 0.2) is 5.82 Å².